The third kappa shape index (κ3) is 6.22. The van der Waals surface area contributed by atoms with Crippen molar-refractivity contribution in [3.8, 4) is 0 Å². The molecular weight excluding hydrogens is 104 g/mol. The lowest BCUT2D eigenvalue weighted by atomic mass is 10.4. The van der Waals surface area contributed by atoms with Crippen LogP contribution in [0.15, 0.2) is 0 Å². The van der Waals surface area contributed by atoms with Crippen LogP contribution in [0.1, 0.15) is 19.8 Å². The summed E-state index contributed by atoms with van der Waals surface area (Å²) in [4.78, 5) is 0. The van der Waals surface area contributed by atoms with E-state index in [4.69, 9.17) is 0 Å². The second-order valence-electron chi connectivity index (χ2n) is 1.47. The highest BCUT2D eigenvalue weighted by Crippen LogP contribution is 2.01. The topological polar surface area (TPSA) is 0 Å². The first-order valence-corrected chi connectivity index (χ1v) is 3.94. The Hall–Kier alpha value is 0.220. The highest BCUT2D eigenvalue weighted by atomic mass is 32.2. The minimum atomic E-state index is 1.03. The summed E-state index contributed by atoms with van der Waals surface area (Å²) in [6.45, 7) is 5.93. The summed E-state index contributed by atoms with van der Waals surface area (Å²) in [7, 11) is 0. The van der Waals surface area contributed by atoms with Crippen molar-refractivity contribution >= 4 is 11.8 Å². The van der Waals surface area contributed by atoms with Gasteiger partial charge >= 0.3 is 0 Å². The summed E-state index contributed by atoms with van der Waals surface area (Å²) in [5.74, 6) is 2.32. The third-order valence-corrected chi connectivity index (χ3v) is 1.65. The molecule has 0 aromatic carbocycles. The Bertz CT molecular complexity index is 23.4. The first-order valence-electron chi connectivity index (χ1n) is 2.78. The number of unbranched alkanes of at least 4 members (excludes halogenated alkanes) is 1. The molecule has 0 spiro atoms. The SMILES string of the molecule is [CH2+]CSCCCC. The lowest BCUT2D eigenvalue weighted by Gasteiger charge is -1.88. The molecule has 0 radical (unpaired) electrons. The summed E-state index contributed by atoms with van der Waals surface area (Å²) >= 11 is 1.92. The van der Waals surface area contributed by atoms with Gasteiger partial charge in [0, 0.05) is 0 Å². The van der Waals surface area contributed by atoms with E-state index >= 15 is 0 Å². The second-order valence-corrected chi connectivity index (χ2v) is 2.69. The van der Waals surface area contributed by atoms with Crippen LogP contribution in [0.4, 0.5) is 0 Å². The Balaban J connectivity index is 2.45. The van der Waals surface area contributed by atoms with Gasteiger partial charge in [0.1, 0.15) is 5.75 Å². The molecule has 0 bridgehead atoms. The number of thioether (sulfide) groups is 1. The van der Waals surface area contributed by atoms with Crippen molar-refractivity contribution in [2.45, 2.75) is 19.8 Å². The maximum atomic E-state index is 3.72. The van der Waals surface area contributed by atoms with Gasteiger partial charge in [-0.3, -0.25) is 0 Å². The van der Waals surface area contributed by atoms with E-state index < -0.39 is 0 Å². The fourth-order valence-corrected chi connectivity index (χ4v) is 1.05. The normalized spacial score (nSPS) is 9.29. The zero-order valence-electron chi connectivity index (χ0n) is 4.94. The van der Waals surface area contributed by atoms with Crippen molar-refractivity contribution < 1.29 is 0 Å². The summed E-state index contributed by atoms with van der Waals surface area (Å²) in [6, 6.07) is 0. The Morgan fingerprint density at radius 3 is 2.71 bits per heavy atom. The predicted molar refractivity (Wildman–Crippen MR) is 37.6 cm³/mol. The molecule has 0 rings (SSSR count). The van der Waals surface area contributed by atoms with Gasteiger partial charge in [0.25, 0.3) is 0 Å². The van der Waals surface area contributed by atoms with E-state index in [0.717, 1.165) is 5.75 Å². The maximum absolute atomic E-state index is 3.72. The van der Waals surface area contributed by atoms with Gasteiger partial charge < -0.3 is 0 Å². The lowest BCUT2D eigenvalue weighted by molar-refractivity contribution is 0.897. The number of hydrogen-bond acceptors (Lipinski definition) is 1. The minimum absolute atomic E-state index is 1.03. The molecule has 0 atom stereocenters. The van der Waals surface area contributed by atoms with Crippen molar-refractivity contribution in [2.75, 3.05) is 11.5 Å². The van der Waals surface area contributed by atoms with Gasteiger partial charge in [-0.25, -0.2) is 0 Å². The van der Waals surface area contributed by atoms with Gasteiger partial charge in [0.15, 0.2) is 0 Å². The van der Waals surface area contributed by atoms with E-state index in [1.165, 1.54) is 18.6 Å². The fourth-order valence-electron chi connectivity index (χ4n) is 0.348. The van der Waals surface area contributed by atoms with E-state index in [1.54, 1.807) is 0 Å². The molecule has 42 valence electrons. The Morgan fingerprint density at radius 2 is 2.29 bits per heavy atom. The van der Waals surface area contributed by atoms with Crippen LogP contribution >= 0.6 is 11.8 Å². The van der Waals surface area contributed by atoms with Gasteiger partial charge in [-0.05, 0) is 12.2 Å². The molecule has 0 unspecified atom stereocenters. The monoisotopic (exact) mass is 117 g/mol. The number of hydrogen-bond donors (Lipinski definition) is 0. The van der Waals surface area contributed by atoms with Crippen LogP contribution in [0.3, 0.4) is 0 Å². The van der Waals surface area contributed by atoms with Crippen molar-refractivity contribution in [1.29, 1.82) is 0 Å². The molecule has 7 heavy (non-hydrogen) atoms. The molecule has 0 aromatic heterocycles. The van der Waals surface area contributed by atoms with Crippen LogP contribution in [0.25, 0.3) is 0 Å². The van der Waals surface area contributed by atoms with Gasteiger partial charge in [-0.15, -0.1) is 11.8 Å². The highest BCUT2D eigenvalue weighted by molar-refractivity contribution is 7.99. The third-order valence-electron chi connectivity index (χ3n) is 0.787. The van der Waals surface area contributed by atoms with Crippen molar-refractivity contribution in [3.05, 3.63) is 6.92 Å². The van der Waals surface area contributed by atoms with E-state index in [-0.39, 0.29) is 0 Å². The average molecular weight is 117 g/mol. The fraction of sp³-hybridized carbons (Fsp3) is 0.833. The molecule has 0 aliphatic rings. The molecule has 0 aromatic rings. The quantitative estimate of drug-likeness (QED) is 0.402. The largest absolute Gasteiger partial charge is 0.130 e. The second kappa shape index (κ2) is 6.22. The van der Waals surface area contributed by atoms with Crippen LogP contribution < -0.4 is 0 Å². The Labute approximate surface area is 50.7 Å². The predicted octanol–water partition coefficient (Wildman–Crippen LogP) is 2.35. The number of rotatable bonds is 4. The van der Waals surface area contributed by atoms with Crippen LogP contribution in [-0.2, 0) is 0 Å². The molecule has 0 heterocycles. The van der Waals surface area contributed by atoms with Crippen LogP contribution in [0, 0.1) is 6.92 Å². The lowest BCUT2D eigenvalue weighted by Crippen LogP contribution is -1.76. The van der Waals surface area contributed by atoms with Gasteiger partial charge in [0.05, 0.1) is 6.92 Å². The maximum Gasteiger partial charge on any atom is 0.130 e. The van der Waals surface area contributed by atoms with Gasteiger partial charge in [-0.1, -0.05) is 13.3 Å². The van der Waals surface area contributed by atoms with Crippen molar-refractivity contribution in [1.82, 2.24) is 0 Å². The smallest absolute Gasteiger partial charge is 0.114 e. The Kier molecular flexibility index (Phi) is 6.42. The molecule has 0 aliphatic heterocycles. The van der Waals surface area contributed by atoms with Crippen molar-refractivity contribution in [3.63, 3.8) is 0 Å². The summed E-state index contributed by atoms with van der Waals surface area (Å²) in [5, 5.41) is 0. The summed E-state index contributed by atoms with van der Waals surface area (Å²) in [5.41, 5.74) is 0. The zero-order valence-corrected chi connectivity index (χ0v) is 5.76. The van der Waals surface area contributed by atoms with Crippen LogP contribution in [0.2, 0.25) is 0 Å². The molecule has 0 nitrogen and oxygen atoms in total. The molecule has 0 saturated carbocycles. The molecule has 0 fully saturated rings. The van der Waals surface area contributed by atoms with Gasteiger partial charge in [0.2, 0.25) is 0 Å². The molecule has 0 N–H and O–H groups in total. The first-order chi connectivity index (χ1) is 3.41. The van der Waals surface area contributed by atoms with Gasteiger partial charge in [-0.2, -0.15) is 0 Å². The molecule has 0 amide bonds. The zero-order chi connectivity index (χ0) is 5.54. The Morgan fingerprint density at radius 1 is 1.57 bits per heavy atom. The summed E-state index contributed by atoms with van der Waals surface area (Å²) in [6.07, 6.45) is 2.66. The van der Waals surface area contributed by atoms with E-state index in [2.05, 4.69) is 13.8 Å². The minimum Gasteiger partial charge on any atom is -0.114 e. The first kappa shape index (κ1) is 7.22. The molecule has 0 aliphatic carbocycles. The average Bonchev–Trinajstić information content (AvgIpc) is 1.69. The van der Waals surface area contributed by atoms with E-state index in [9.17, 15) is 0 Å². The highest BCUT2D eigenvalue weighted by Gasteiger charge is 1.83. The molecular formula is C6H13S+. The summed E-state index contributed by atoms with van der Waals surface area (Å²) < 4.78 is 0. The van der Waals surface area contributed by atoms with Crippen LogP contribution in [0.5, 0.6) is 0 Å². The standard InChI is InChI=1S/C6H13S/c1-3-5-6-7-4-2/h2-6H2,1H3/q+1. The molecule has 1 heteroatoms. The van der Waals surface area contributed by atoms with Crippen molar-refractivity contribution in [2.24, 2.45) is 0 Å². The van der Waals surface area contributed by atoms with Crippen LogP contribution in [-0.4, -0.2) is 11.5 Å². The molecule has 0 saturated heterocycles. The van der Waals surface area contributed by atoms with E-state index in [0.29, 0.717) is 0 Å². The van der Waals surface area contributed by atoms with E-state index in [1.807, 2.05) is 11.8 Å².